The molecule has 6 heteroatoms. The summed E-state index contributed by atoms with van der Waals surface area (Å²) in [7, 11) is -3.38. The standard InChI is InChI=1S/C12H20N2O2S.ClH/c1-4-13-7-8-14-17(15,16)12-6-5-10(2)9-11(12)3;/h5-6,9,13-14H,4,7-8H2,1-3H3;1H. The maximum Gasteiger partial charge on any atom is 0.240 e. The number of hydrogen-bond acceptors (Lipinski definition) is 3. The lowest BCUT2D eigenvalue weighted by Crippen LogP contribution is -2.32. The molecule has 0 spiro atoms. The molecular formula is C12H21ClN2O2S. The van der Waals surface area contributed by atoms with Gasteiger partial charge in [0.15, 0.2) is 0 Å². The number of rotatable bonds is 6. The van der Waals surface area contributed by atoms with Gasteiger partial charge in [0, 0.05) is 13.1 Å². The number of aryl methyl sites for hydroxylation is 2. The van der Waals surface area contributed by atoms with Crippen molar-refractivity contribution in [2.45, 2.75) is 25.7 Å². The Hall–Kier alpha value is -0.620. The van der Waals surface area contributed by atoms with Crippen LogP contribution in [0.25, 0.3) is 0 Å². The highest BCUT2D eigenvalue weighted by Crippen LogP contribution is 2.15. The largest absolute Gasteiger partial charge is 0.316 e. The third-order valence-corrected chi connectivity index (χ3v) is 4.09. The molecule has 104 valence electrons. The maximum absolute atomic E-state index is 12.0. The van der Waals surface area contributed by atoms with Crippen LogP contribution in [0.15, 0.2) is 23.1 Å². The molecule has 0 fully saturated rings. The Morgan fingerprint density at radius 2 is 1.83 bits per heavy atom. The average Bonchev–Trinajstić information content (AvgIpc) is 2.24. The molecule has 0 radical (unpaired) electrons. The molecule has 0 amide bonds. The topological polar surface area (TPSA) is 58.2 Å². The van der Waals surface area contributed by atoms with Crippen LogP contribution in [0.2, 0.25) is 0 Å². The van der Waals surface area contributed by atoms with Gasteiger partial charge in [-0.15, -0.1) is 12.4 Å². The van der Waals surface area contributed by atoms with Gasteiger partial charge in [-0.2, -0.15) is 0 Å². The molecule has 18 heavy (non-hydrogen) atoms. The zero-order valence-corrected chi connectivity index (χ0v) is 12.6. The lowest BCUT2D eigenvalue weighted by atomic mass is 10.2. The van der Waals surface area contributed by atoms with Crippen LogP contribution in [-0.2, 0) is 10.0 Å². The van der Waals surface area contributed by atoms with Crippen LogP contribution < -0.4 is 10.0 Å². The molecule has 0 aliphatic carbocycles. The molecule has 0 aromatic heterocycles. The highest BCUT2D eigenvalue weighted by atomic mass is 35.5. The average molecular weight is 293 g/mol. The minimum atomic E-state index is -3.38. The molecule has 0 heterocycles. The molecule has 1 rings (SSSR count). The van der Waals surface area contributed by atoms with Crippen molar-refractivity contribution in [2.24, 2.45) is 0 Å². The number of nitrogens with one attached hydrogen (secondary N) is 2. The summed E-state index contributed by atoms with van der Waals surface area (Å²) in [6.45, 7) is 7.63. The van der Waals surface area contributed by atoms with E-state index in [2.05, 4.69) is 10.0 Å². The molecule has 0 aliphatic heterocycles. The van der Waals surface area contributed by atoms with E-state index in [9.17, 15) is 8.42 Å². The normalized spacial score (nSPS) is 11.1. The zero-order chi connectivity index (χ0) is 12.9. The zero-order valence-electron chi connectivity index (χ0n) is 11.0. The monoisotopic (exact) mass is 292 g/mol. The van der Waals surface area contributed by atoms with Crippen molar-refractivity contribution >= 4 is 22.4 Å². The van der Waals surface area contributed by atoms with Crippen molar-refractivity contribution in [1.29, 1.82) is 0 Å². The second kappa shape index (κ2) is 7.74. The number of likely N-dealkylation sites (N-methyl/N-ethyl adjacent to an activating group) is 1. The predicted molar refractivity (Wildman–Crippen MR) is 76.9 cm³/mol. The number of halogens is 1. The Morgan fingerprint density at radius 3 is 2.39 bits per heavy atom. The van der Waals surface area contributed by atoms with Crippen LogP contribution in [0.3, 0.4) is 0 Å². The third kappa shape index (κ3) is 4.94. The highest BCUT2D eigenvalue weighted by Gasteiger charge is 2.15. The summed E-state index contributed by atoms with van der Waals surface area (Å²) in [5, 5.41) is 3.07. The molecule has 0 saturated heterocycles. The molecular weight excluding hydrogens is 272 g/mol. The fourth-order valence-electron chi connectivity index (χ4n) is 1.63. The van der Waals surface area contributed by atoms with Gasteiger partial charge >= 0.3 is 0 Å². The van der Waals surface area contributed by atoms with Gasteiger partial charge in [-0.3, -0.25) is 0 Å². The van der Waals surface area contributed by atoms with Gasteiger partial charge in [0.2, 0.25) is 10.0 Å². The van der Waals surface area contributed by atoms with Gasteiger partial charge in [-0.05, 0) is 32.0 Å². The SMILES string of the molecule is CCNCCNS(=O)(=O)c1ccc(C)cc1C.Cl. The Kier molecular flexibility index (Phi) is 7.47. The van der Waals surface area contributed by atoms with E-state index < -0.39 is 10.0 Å². The first kappa shape index (κ1) is 17.4. The first-order valence-corrected chi connectivity index (χ1v) is 7.23. The quantitative estimate of drug-likeness (QED) is 0.783. The lowest BCUT2D eigenvalue weighted by molar-refractivity contribution is 0.577. The van der Waals surface area contributed by atoms with E-state index in [-0.39, 0.29) is 12.4 Å². The van der Waals surface area contributed by atoms with Gasteiger partial charge in [-0.25, -0.2) is 13.1 Å². The first-order chi connectivity index (χ1) is 7.97. The number of hydrogen-bond donors (Lipinski definition) is 2. The van der Waals surface area contributed by atoms with Crippen LogP contribution in [-0.4, -0.2) is 28.1 Å². The van der Waals surface area contributed by atoms with Crippen molar-refractivity contribution in [3.8, 4) is 0 Å². The molecule has 0 aliphatic rings. The van der Waals surface area contributed by atoms with E-state index in [1.807, 2.05) is 32.9 Å². The van der Waals surface area contributed by atoms with Crippen LogP contribution in [0, 0.1) is 13.8 Å². The van der Waals surface area contributed by atoms with Gasteiger partial charge in [0.25, 0.3) is 0 Å². The van der Waals surface area contributed by atoms with Gasteiger partial charge in [-0.1, -0.05) is 24.6 Å². The fraction of sp³-hybridized carbons (Fsp3) is 0.500. The van der Waals surface area contributed by atoms with Crippen LogP contribution >= 0.6 is 12.4 Å². The number of benzene rings is 1. The molecule has 1 aromatic rings. The van der Waals surface area contributed by atoms with Crippen LogP contribution in [0.1, 0.15) is 18.1 Å². The third-order valence-electron chi connectivity index (χ3n) is 2.46. The molecule has 0 saturated carbocycles. The lowest BCUT2D eigenvalue weighted by Gasteiger charge is -2.10. The van der Waals surface area contributed by atoms with Crippen molar-refractivity contribution in [2.75, 3.05) is 19.6 Å². The summed E-state index contributed by atoms with van der Waals surface area (Å²) in [4.78, 5) is 0.361. The van der Waals surface area contributed by atoms with Crippen LogP contribution in [0.4, 0.5) is 0 Å². The fourth-order valence-corrected chi connectivity index (χ4v) is 2.89. The van der Waals surface area contributed by atoms with Crippen molar-refractivity contribution in [3.05, 3.63) is 29.3 Å². The summed E-state index contributed by atoms with van der Waals surface area (Å²) in [6, 6.07) is 5.34. The van der Waals surface area contributed by atoms with Crippen molar-refractivity contribution < 1.29 is 8.42 Å². The van der Waals surface area contributed by atoms with Crippen molar-refractivity contribution in [3.63, 3.8) is 0 Å². The molecule has 2 N–H and O–H groups in total. The summed E-state index contributed by atoms with van der Waals surface area (Å²) in [6.07, 6.45) is 0. The van der Waals surface area contributed by atoms with E-state index in [1.165, 1.54) is 0 Å². The summed E-state index contributed by atoms with van der Waals surface area (Å²) in [5.74, 6) is 0. The van der Waals surface area contributed by atoms with Crippen molar-refractivity contribution in [1.82, 2.24) is 10.0 Å². The smallest absolute Gasteiger partial charge is 0.240 e. The van der Waals surface area contributed by atoms with Crippen LogP contribution in [0.5, 0.6) is 0 Å². The van der Waals surface area contributed by atoms with Gasteiger partial charge in [0.05, 0.1) is 4.90 Å². The molecule has 4 nitrogen and oxygen atoms in total. The van der Waals surface area contributed by atoms with Gasteiger partial charge < -0.3 is 5.32 Å². The highest BCUT2D eigenvalue weighted by molar-refractivity contribution is 7.89. The molecule has 0 unspecified atom stereocenters. The summed E-state index contributed by atoms with van der Waals surface area (Å²) in [5.41, 5.74) is 1.84. The maximum atomic E-state index is 12.0. The summed E-state index contributed by atoms with van der Waals surface area (Å²) >= 11 is 0. The van der Waals surface area contributed by atoms with E-state index in [4.69, 9.17) is 0 Å². The molecule has 1 aromatic carbocycles. The Morgan fingerprint density at radius 1 is 1.17 bits per heavy atom. The number of sulfonamides is 1. The van der Waals surface area contributed by atoms with Gasteiger partial charge in [0.1, 0.15) is 0 Å². The van der Waals surface area contributed by atoms with E-state index in [0.29, 0.717) is 18.0 Å². The minimum absolute atomic E-state index is 0. The summed E-state index contributed by atoms with van der Waals surface area (Å²) < 4.78 is 26.6. The Bertz CT molecular complexity index is 475. The molecule has 0 bridgehead atoms. The Balaban J connectivity index is 0.00000289. The predicted octanol–water partition coefficient (Wildman–Crippen LogP) is 1.61. The minimum Gasteiger partial charge on any atom is -0.316 e. The second-order valence-corrected chi connectivity index (χ2v) is 5.76. The van der Waals surface area contributed by atoms with E-state index >= 15 is 0 Å². The Labute approximate surface area is 116 Å². The molecule has 0 atom stereocenters. The second-order valence-electron chi connectivity index (χ2n) is 4.02. The van der Waals surface area contributed by atoms with E-state index in [1.54, 1.807) is 6.07 Å². The van der Waals surface area contributed by atoms with E-state index in [0.717, 1.165) is 17.7 Å². The first-order valence-electron chi connectivity index (χ1n) is 5.75.